The van der Waals surface area contributed by atoms with Crippen LogP contribution < -0.4 is 48.6 Å². The normalized spacial score (nSPS) is 12.4. The van der Waals surface area contributed by atoms with Crippen molar-refractivity contribution in [1.82, 2.24) is 28.2 Å². The number of anilines is 4. The molecule has 0 saturated carbocycles. The topological polar surface area (TPSA) is 254 Å². The molecular formula is C44H43Cl2F2N11O9. The fourth-order valence-corrected chi connectivity index (χ4v) is 6.52. The molecule has 0 radical (unpaired) electrons. The lowest BCUT2D eigenvalue weighted by Gasteiger charge is -2.16. The third-order valence-electron chi connectivity index (χ3n) is 9.32. The molecule has 1 aliphatic heterocycles. The molecular weight excluding hydrogens is 935 g/mol. The number of nitrogens with one attached hydrogen (secondary N) is 2. The van der Waals surface area contributed by atoms with Gasteiger partial charge in [-0.2, -0.15) is 9.97 Å². The molecule has 0 bridgehead atoms. The average Bonchev–Trinajstić information content (AvgIpc) is 3.71. The van der Waals surface area contributed by atoms with Crippen LogP contribution >= 0.6 is 23.2 Å². The molecule has 0 saturated heterocycles. The summed E-state index contributed by atoms with van der Waals surface area (Å²) in [5.41, 5.74) is 4.32. The molecule has 0 aliphatic carbocycles. The molecule has 356 valence electrons. The Morgan fingerprint density at radius 3 is 1.54 bits per heavy atom. The molecule has 68 heavy (non-hydrogen) atoms. The van der Waals surface area contributed by atoms with Gasteiger partial charge in [-0.15, -0.1) is 0 Å². The first-order valence-corrected chi connectivity index (χ1v) is 21.2. The van der Waals surface area contributed by atoms with E-state index in [0.717, 1.165) is 9.13 Å². The number of carbonyl (C=O) groups excluding carboxylic acids is 1. The van der Waals surface area contributed by atoms with Crippen molar-refractivity contribution in [1.29, 1.82) is 0 Å². The molecule has 0 spiro atoms. The predicted octanol–water partition coefficient (Wildman–Crippen LogP) is 5.60. The van der Waals surface area contributed by atoms with Crippen LogP contribution in [0.25, 0.3) is 0 Å². The number of rotatable bonds is 16. The lowest BCUT2D eigenvalue weighted by molar-refractivity contribution is -0.140. The Hall–Kier alpha value is -7.85. The van der Waals surface area contributed by atoms with Gasteiger partial charge in [0.25, 0.3) is 0 Å². The van der Waals surface area contributed by atoms with Gasteiger partial charge in [0.1, 0.15) is 0 Å². The first-order chi connectivity index (χ1) is 32.4. The zero-order chi connectivity index (χ0) is 49.2. The molecule has 7 rings (SSSR count). The van der Waals surface area contributed by atoms with Gasteiger partial charge in [-0.3, -0.25) is 9.13 Å². The van der Waals surface area contributed by atoms with E-state index in [1.807, 2.05) is 0 Å². The first kappa shape index (κ1) is 49.6. The second-order valence-electron chi connectivity index (χ2n) is 15.4. The number of amidine groups is 1. The minimum absolute atomic E-state index is 0.0127. The van der Waals surface area contributed by atoms with Crippen molar-refractivity contribution >= 4 is 64.0 Å². The van der Waals surface area contributed by atoms with Gasteiger partial charge in [0.05, 0.1) is 50.5 Å². The third-order valence-corrected chi connectivity index (χ3v) is 9.83. The smallest absolute Gasteiger partial charge is 0.355 e. The van der Waals surface area contributed by atoms with Crippen LogP contribution in [0, 0.1) is 11.6 Å². The first-order valence-electron chi connectivity index (χ1n) is 20.5. The van der Waals surface area contributed by atoms with Crippen molar-refractivity contribution in [3.63, 3.8) is 0 Å². The Bertz CT molecular complexity index is 3120. The molecule has 3 heterocycles. The van der Waals surface area contributed by atoms with Crippen molar-refractivity contribution in [2.24, 2.45) is 16.0 Å². The van der Waals surface area contributed by atoms with Crippen LogP contribution in [0.5, 0.6) is 11.5 Å². The minimum Gasteiger partial charge on any atom is -0.488 e. The van der Waals surface area contributed by atoms with E-state index in [-0.39, 0.29) is 84.6 Å². The van der Waals surface area contributed by atoms with E-state index in [2.05, 4.69) is 35.8 Å². The Morgan fingerprint density at radius 2 is 1.15 bits per heavy atom. The summed E-state index contributed by atoms with van der Waals surface area (Å²) in [6.07, 6.45) is -0.563. The van der Waals surface area contributed by atoms with Crippen molar-refractivity contribution in [2.45, 2.75) is 72.5 Å². The Balaban J connectivity index is 0.000000224. The molecule has 1 aliphatic rings. The molecule has 24 heteroatoms. The van der Waals surface area contributed by atoms with Gasteiger partial charge in [0.2, 0.25) is 11.9 Å². The van der Waals surface area contributed by atoms with Crippen LogP contribution in [-0.4, -0.2) is 63.2 Å². The third kappa shape index (κ3) is 12.9. The average molecular weight is 979 g/mol. The van der Waals surface area contributed by atoms with Crippen molar-refractivity contribution in [3.8, 4) is 11.5 Å². The summed E-state index contributed by atoms with van der Waals surface area (Å²) in [4.78, 5) is 75.4. The van der Waals surface area contributed by atoms with Crippen LogP contribution in [0.1, 0.15) is 45.2 Å². The molecule has 20 nitrogen and oxygen atoms in total. The lowest BCUT2D eigenvalue weighted by atomic mass is 10.2. The van der Waals surface area contributed by atoms with Crippen molar-refractivity contribution in [3.05, 3.63) is 160 Å². The maximum absolute atomic E-state index is 14.5. The highest BCUT2D eigenvalue weighted by molar-refractivity contribution is 6.30. The number of halogens is 4. The molecule has 0 fully saturated rings. The van der Waals surface area contributed by atoms with Gasteiger partial charge in [-0.25, -0.2) is 41.9 Å². The largest absolute Gasteiger partial charge is 0.488 e. The number of ether oxygens (including phenoxy) is 2. The fraction of sp³-hybridized carbons (Fsp3) is 0.250. The van der Waals surface area contributed by atoms with Gasteiger partial charge in [-0.1, -0.05) is 57.8 Å². The van der Waals surface area contributed by atoms with Crippen LogP contribution in [-0.2, 0) is 35.8 Å². The molecule has 4 aromatic carbocycles. The van der Waals surface area contributed by atoms with E-state index >= 15 is 0 Å². The summed E-state index contributed by atoms with van der Waals surface area (Å²) in [6.45, 7) is 6.43. The predicted molar refractivity (Wildman–Crippen MR) is 249 cm³/mol. The minimum atomic E-state index is -0.929. The SMILES string of the molecule is CC(C)Oc1ccc(Nc2nc(=O)n(C/C(N)=N/O)c(=O)n2Cc2ccc(Cl)cc2)cc1F.CC(C)Oc1ccc(Nc2nc(=O)n(CC3=NOC(=O)C3)c(=O)n2Cc2ccc(Cl)cc2)cc1F. The number of nitrogens with two attached hydrogens (primary N) is 1. The summed E-state index contributed by atoms with van der Waals surface area (Å²) < 4.78 is 43.7. The van der Waals surface area contributed by atoms with Gasteiger partial charge in [0, 0.05) is 33.6 Å². The summed E-state index contributed by atoms with van der Waals surface area (Å²) in [7, 11) is 0. The number of carbonyl (C=O) groups is 1. The summed E-state index contributed by atoms with van der Waals surface area (Å²) in [6, 6.07) is 21.8. The van der Waals surface area contributed by atoms with E-state index in [1.54, 1.807) is 82.3 Å². The lowest BCUT2D eigenvalue weighted by Crippen LogP contribution is -2.45. The van der Waals surface area contributed by atoms with E-state index in [0.29, 0.717) is 21.2 Å². The van der Waals surface area contributed by atoms with Crippen LogP contribution in [0.4, 0.5) is 32.1 Å². The zero-order valence-corrected chi connectivity index (χ0v) is 38.2. The van der Waals surface area contributed by atoms with Crippen LogP contribution in [0.15, 0.2) is 114 Å². The Morgan fingerprint density at radius 1 is 0.706 bits per heavy atom. The molecule has 6 aromatic rings. The number of hydrogen-bond acceptors (Lipinski definition) is 15. The molecule has 5 N–H and O–H groups in total. The maximum atomic E-state index is 14.5. The van der Waals surface area contributed by atoms with Crippen molar-refractivity contribution in [2.75, 3.05) is 10.6 Å². The second-order valence-corrected chi connectivity index (χ2v) is 16.2. The quantitative estimate of drug-likeness (QED) is 0.0303. The van der Waals surface area contributed by atoms with Gasteiger partial charge >= 0.3 is 28.7 Å². The van der Waals surface area contributed by atoms with Crippen LogP contribution in [0.2, 0.25) is 10.0 Å². The zero-order valence-electron chi connectivity index (χ0n) is 36.7. The number of benzene rings is 4. The summed E-state index contributed by atoms with van der Waals surface area (Å²) in [5, 5.41) is 21.9. The molecule has 0 amide bonds. The molecule has 2 aromatic heterocycles. The highest BCUT2D eigenvalue weighted by atomic mass is 35.5. The Kier molecular flexibility index (Phi) is 16.1. The van der Waals surface area contributed by atoms with Crippen LogP contribution in [0.3, 0.4) is 0 Å². The number of nitrogens with zero attached hydrogens (tertiary/aromatic N) is 8. The molecule has 0 unspecified atom stereocenters. The van der Waals surface area contributed by atoms with E-state index < -0.39 is 46.9 Å². The maximum Gasteiger partial charge on any atom is 0.355 e. The highest BCUT2D eigenvalue weighted by Gasteiger charge is 2.22. The summed E-state index contributed by atoms with van der Waals surface area (Å²) >= 11 is 11.9. The second kappa shape index (κ2) is 22.1. The van der Waals surface area contributed by atoms with Gasteiger partial charge in [0.15, 0.2) is 29.0 Å². The number of oxime groups is 2. The highest BCUT2D eigenvalue weighted by Crippen LogP contribution is 2.26. The number of aromatic nitrogens is 6. The summed E-state index contributed by atoms with van der Waals surface area (Å²) in [5.74, 6) is -2.24. The van der Waals surface area contributed by atoms with E-state index in [1.165, 1.54) is 39.5 Å². The van der Waals surface area contributed by atoms with E-state index in [9.17, 15) is 32.8 Å². The van der Waals surface area contributed by atoms with Crippen molar-refractivity contribution < 1.29 is 33.1 Å². The Labute approximate surface area is 394 Å². The molecule has 0 atom stereocenters. The standard InChI is InChI=1S/C23H21ClFN5O5.C21H22ClFN6O4/c1-13(2)34-19-8-7-16(9-18(19)25)26-21-27-22(32)30(12-17-10-20(31)35-28-17)23(33)29(21)11-14-3-5-15(24)6-4-14;1-12(2)33-17-8-7-15(9-16(17)23)25-19-26-20(30)29(11-18(24)27-32)21(31)28(19)10-13-3-5-14(22)6-4-13/h3-9,13H,10-12H2,1-2H3,(H,26,27,32);3-9,12,32H,10-11H2,1-2H3,(H2,24,27)(H,25,26,30). The van der Waals surface area contributed by atoms with Gasteiger partial charge in [-0.05, 0) is 87.4 Å². The fourth-order valence-electron chi connectivity index (χ4n) is 6.27. The van der Waals surface area contributed by atoms with Gasteiger partial charge < -0.3 is 35.9 Å². The van der Waals surface area contributed by atoms with E-state index in [4.69, 9.17) is 43.6 Å². The monoisotopic (exact) mass is 977 g/mol. The number of hydrogen-bond donors (Lipinski definition) is 4.